The summed E-state index contributed by atoms with van der Waals surface area (Å²) in [6.07, 6.45) is 8.57. The molecule has 2 aromatic heterocycles. The lowest BCUT2D eigenvalue weighted by Crippen LogP contribution is -2.42. The molecule has 10 heteroatoms. The van der Waals surface area contributed by atoms with E-state index < -0.39 is 0 Å². The van der Waals surface area contributed by atoms with Crippen molar-refractivity contribution in [3.63, 3.8) is 0 Å². The van der Waals surface area contributed by atoms with E-state index in [9.17, 15) is 0 Å². The van der Waals surface area contributed by atoms with Crippen LogP contribution in [0.25, 0.3) is 22.8 Å². The summed E-state index contributed by atoms with van der Waals surface area (Å²) < 4.78 is 4.46. The van der Waals surface area contributed by atoms with Crippen LogP contribution >= 0.6 is 46.4 Å². The molecular formula is C46H46Cl4N6. The number of hydrogen-bond donors (Lipinski definition) is 0. The van der Waals surface area contributed by atoms with Crippen LogP contribution in [-0.2, 0) is 65.7 Å². The van der Waals surface area contributed by atoms with Crippen molar-refractivity contribution in [1.82, 2.24) is 28.9 Å². The molecule has 0 unspecified atom stereocenters. The number of hydrogen-bond acceptors (Lipinski definition) is 4. The fraction of sp³-hybridized carbons (Fsp3) is 0.348. The molecule has 0 saturated carbocycles. The van der Waals surface area contributed by atoms with Gasteiger partial charge in [-0.2, -0.15) is 0 Å². The molecule has 0 bridgehead atoms. The van der Waals surface area contributed by atoms with E-state index in [1.807, 2.05) is 48.5 Å². The summed E-state index contributed by atoms with van der Waals surface area (Å²) in [5.41, 5.74) is 12.6. The predicted molar refractivity (Wildman–Crippen MR) is 230 cm³/mol. The van der Waals surface area contributed by atoms with E-state index in [4.69, 9.17) is 56.4 Å². The number of benzene rings is 4. The molecular weight excluding hydrogens is 778 g/mol. The van der Waals surface area contributed by atoms with Crippen LogP contribution in [0.2, 0.25) is 20.1 Å². The Hall–Kier alpha value is -3.62. The fourth-order valence-electron chi connectivity index (χ4n) is 9.52. The van der Waals surface area contributed by atoms with Gasteiger partial charge in [-0.05, 0) is 97.2 Å². The first-order chi connectivity index (χ1) is 27.2. The monoisotopic (exact) mass is 822 g/mol. The molecule has 0 amide bonds. The lowest BCUT2D eigenvalue weighted by molar-refractivity contribution is 0.161. The summed E-state index contributed by atoms with van der Waals surface area (Å²) in [5.74, 6) is 1.95. The van der Waals surface area contributed by atoms with E-state index in [0.717, 1.165) is 120 Å². The SMILES string of the molecule is Cn1c(-c2ccccc2Cl)nc2c1CC[C@@H](N1CCc3cccc(Cl)c3C1)C2.Cn1c(-c2ccccc2Cl)nc2c1CC[C@H](N1CCc3cccc(Cl)c3C1)C2. The Bertz CT molecular complexity index is 2250. The molecule has 4 aliphatic rings. The van der Waals surface area contributed by atoms with Crippen molar-refractivity contribution >= 4 is 46.4 Å². The third-order valence-corrected chi connectivity index (χ3v) is 14.0. The van der Waals surface area contributed by atoms with Crippen molar-refractivity contribution in [2.45, 2.75) is 76.5 Å². The van der Waals surface area contributed by atoms with Crippen LogP contribution in [0.5, 0.6) is 0 Å². The van der Waals surface area contributed by atoms with Gasteiger partial charge < -0.3 is 9.13 Å². The maximum Gasteiger partial charge on any atom is 0.141 e. The maximum atomic E-state index is 6.48. The molecule has 6 nitrogen and oxygen atoms in total. The molecule has 0 spiro atoms. The van der Waals surface area contributed by atoms with Crippen molar-refractivity contribution in [3.8, 4) is 22.8 Å². The number of fused-ring (bicyclic) bond motifs is 4. The minimum atomic E-state index is 0.519. The van der Waals surface area contributed by atoms with Crippen LogP contribution in [0.3, 0.4) is 0 Å². The Morgan fingerprint density at radius 3 is 1.34 bits per heavy atom. The molecule has 56 heavy (non-hydrogen) atoms. The first-order valence-corrected chi connectivity index (χ1v) is 21.3. The minimum absolute atomic E-state index is 0.519. The summed E-state index contributed by atoms with van der Waals surface area (Å²) in [6.45, 7) is 4.08. The second kappa shape index (κ2) is 16.0. The standard InChI is InChI=1S/2C23H23Cl2N3/c2*1-27-22-10-9-16(28-12-11-15-5-4-8-20(25)18(15)14-28)13-21(22)26-23(27)17-6-2-3-7-19(17)24/h2*2-8,16H,9-14H2,1H3/t2*16-/m10/s1. The van der Waals surface area contributed by atoms with Crippen molar-refractivity contribution in [3.05, 3.63) is 150 Å². The molecule has 2 aliphatic carbocycles. The van der Waals surface area contributed by atoms with Gasteiger partial charge in [-0.3, -0.25) is 9.80 Å². The Balaban J connectivity index is 0.000000146. The molecule has 2 aliphatic heterocycles. The van der Waals surface area contributed by atoms with E-state index in [1.54, 1.807) is 0 Å². The number of nitrogens with zero attached hydrogens (tertiary/aromatic N) is 6. The molecule has 288 valence electrons. The number of imidazole rings is 2. The highest BCUT2D eigenvalue weighted by Crippen LogP contribution is 2.36. The zero-order chi connectivity index (χ0) is 38.5. The number of aromatic nitrogens is 4. The normalized spacial score (nSPS) is 19.3. The molecule has 0 radical (unpaired) electrons. The highest BCUT2D eigenvalue weighted by Gasteiger charge is 2.33. The van der Waals surface area contributed by atoms with Gasteiger partial charge in [-0.25, -0.2) is 9.97 Å². The van der Waals surface area contributed by atoms with E-state index in [0.29, 0.717) is 12.1 Å². The largest absolute Gasteiger partial charge is 0.331 e. The van der Waals surface area contributed by atoms with Crippen molar-refractivity contribution in [2.75, 3.05) is 13.1 Å². The second-order valence-corrected chi connectivity index (χ2v) is 17.4. The van der Waals surface area contributed by atoms with E-state index in [-0.39, 0.29) is 0 Å². The Morgan fingerprint density at radius 1 is 0.500 bits per heavy atom. The van der Waals surface area contributed by atoms with Crippen LogP contribution in [0.1, 0.15) is 57.9 Å². The maximum absolute atomic E-state index is 6.48. The molecule has 2 atom stereocenters. The Kier molecular flexibility index (Phi) is 10.8. The third-order valence-electron chi connectivity index (χ3n) is 12.6. The Morgan fingerprint density at radius 2 is 0.911 bits per heavy atom. The lowest BCUT2D eigenvalue weighted by atomic mass is 9.91. The van der Waals surface area contributed by atoms with Gasteiger partial charge in [0.25, 0.3) is 0 Å². The average Bonchev–Trinajstić information content (AvgIpc) is 3.73. The smallest absolute Gasteiger partial charge is 0.141 e. The predicted octanol–water partition coefficient (Wildman–Crippen LogP) is 10.6. The number of rotatable bonds is 4. The highest BCUT2D eigenvalue weighted by atomic mass is 35.5. The van der Waals surface area contributed by atoms with Crippen LogP contribution in [0, 0.1) is 0 Å². The molecule has 10 rings (SSSR count). The van der Waals surface area contributed by atoms with Gasteiger partial charge in [0.1, 0.15) is 11.6 Å². The third kappa shape index (κ3) is 7.23. The van der Waals surface area contributed by atoms with Gasteiger partial charge in [0, 0.05) is 97.8 Å². The molecule has 0 saturated heterocycles. The van der Waals surface area contributed by atoms with Crippen LogP contribution in [0.15, 0.2) is 84.9 Å². The first kappa shape index (κ1) is 37.9. The topological polar surface area (TPSA) is 42.1 Å². The van der Waals surface area contributed by atoms with Crippen LogP contribution in [0.4, 0.5) is 0 Å². The van der Waals surface area contributed by atoms with Gasteiger partial charge in [-0.15, -0.1) is 0 Å². The molecule has 0 N–H and O–H groups in total. The van der Waals surface area contributed by atoms with Crippen LogP contribution in [-0.4, -0.2) is 54.1 Å². The fourth-order valence-corrected chi connectivity index (χ4v) is 10.5. The van der Waals surface area contributed by atoms with Gasteiger partial charge in [0.05, 0.1) is 21.4 Å². The van der Waals surface area contributed by atoms with Gasteiger partial charge in [0.2, 0.25) is 0 Å². The highest BCUT2D eigenvalue weighted by molar-refractivity contribution is 6.33. The summed E-state index contributed by atoms with van der Waals surface area (Å²) in [7, 11) is 4.23. The van der Waals surface area contributed by atoms with Crippen molar-refractivity contribution in [1.29, 1.82) is 0 Å². The zero-order valence-corrected chi connectivity index (χ0v) is 34.9. The van der Waals surface area contributed by atoms with E-state index in [2.05, 4.69) is 69.4 Å². The summed E-state index contributed by atoms with van der Waals surface area (Å²) >= 11 is 25.8. The molecule has 4 heterocycles. The summed E-state index contributed by atoms with van der Waals surface area (Å²) in [5, 5.41) is 3.31. The lowest BCUT2D eigenvalue weighted by Gasteiger charge is -2.37. The second-order valence-electron chi connectivity index (χ2n) is 15.7. The van der Waals surface area contributed by atoms with E-state index in [1.165, 1.54) is 45.0 Å². The zero-order valence-electron chi connectivity index (χ0n) is 31.9. The summed E-state index contributed by atoms with van der Waals surface area (Å²) in [4.78, 5) is 15.2. The quantitative estimate of drug-likeness (QED) is 0.178. The van der Waals surface area contributed by atoms with Gasteiger partial charge >= 0.3 is 0 Å². The number of halogens is 4. The Labute approximate surface area is 350 Å². The summed E-state index contributed by atoms with van der Waals surface area (Å²) in [6, 6.07) is 29.6. The molecule has 0 fully saturated rings. The minimum Gasteiger partial charge on any atom is -0.331 e. The van der Waals surface area contributed by atoms with Gasteiger partial charge in [-0.1, -0.05) is 94.9 Å². The molecule has 4 aromatic carbocycles. The van der Waals surface area contributed by atoms with Crippen molar-refractivity contribution in [2.24, 2.45) is 14.1 Å². The van der Waals surface area contributed by atoms with Gasteiger partial charge in [0.15, 0.2) is 0 Å². The van der Waals surface area contributed by atoms with E-state index >= 15 is 0 Å². The van der Waals surface area contributed by atoms with Crippen molar-refractivity contribution < 1.29 is 0 Å². The molecule has 6 aromatic rings. The first-order valence-electron chi connectivity index (χ1n) is 19.8. The average molecular weight is 825 g/mol. The van der Waals surface area contributed by atoms with Crippen LogP contribution < -0.4 is 0 Å².